The molecule has 0 saturated carbocycles. The molecule has 0 bridgehead atoms. The van der Waals surface area contributed by atoms with Crippen LogP contribution in [0.1, 0.15) is 36.2 Å². The molecule has 8 heteroatoms. The Kier molecular flexibility index (Phi) is 6.43. The van der Waals surface area contributed by atoms with Crippen LogP contribution in [0.3, 0.4) is 0 Å². The summed E-state index contributed by atoms with van der Waals surface area (Å²) in [5, 5.41) is 13.5. The molecule has 0 radical (unpaired) electrons. The maximum Gasteiger partial charge on any atom is 0.335 e. The molecule has 2 N–H and O–H groups in total. The maximum atomic E-state index is 13.5. The molecule has 3 aromatic rings. The Bertz CT molecular complexity index is 1360. The Morgan fingerprint density at radius 1 is 1.15 bits per heavy atom. The van der Waals surface area contributed by atoms with Gasteiger partial charge in [-0.15, -0.1) is 0 Å². The van der Waals surface area contributed by atoms with Gasteiger partial charge < -0.3 is 9.84 Å². The Morgan fingerprint density at radius 2 is 1.91 bits per heavy atom. The second-order valence-corrected chi connectivity index (χ2v) is 8.24. The summed E-state index contributed by atoms with van der Waals surface area (Å²) in [7, 11) is 0. The van der Waals surface area contributed by atoms with Gasteiger partial charge in [-0.2, -0.15) is 0 Å². The lowest BCUT2D eigenvalue weighted by atomic mass is 9.99. The first-order valence-electron chi connectivity index (χ1n) is 10.7. The van der Waals surface area contributed by atoms with Gasteiger partial charge in [0.2, 0.25) is 0 Å². The van der Waals surface area contributed by atoms with Crippen LogP contribution in [0, 0.1) is 0 Å². The van der Waals surface area contributed by atoms with Crippen LogP contribution in [0.25, 0.3) is 16.8 Å². The molecule has 1 unspecified atom stereocenters. The molecule has 4 rings (SSSR count). The van der Waals surface area contributed by atoms with Crippen LogP contribution in [0.4, 0.5) is 5.69 Å². The van der Waals surface area contributed by atoms with Crippen LogP contribution in [-0.2, 0) is 9.59 Å². The Hall–Kier alpha value is -4.04. The number of hydrogen-bond acceptors (Lipinski definition) is 5. The van der Waals surface area contributed by atoms with Crippen molar-refractivity contribution in [3.8, 4) is 5.75 Å². The van der Waals surface area contributed by atoms with Gasteiger partial charge in [-0.3, -0.25) is 19.8 Å². The normalized spacial score (nSPS) is 16.0. The number of anilines is 1. The highest BCUT2D eigenvalue weighted by molar-refractivity contribution is 7.80. The van der Waals surface area contributed by atoms with E-state index in [9.17, 15) is 19.5 Å². The number of nitrogens with one attached hydrogen (secondary N) is 1. The van der Waals surface area contributed by atoms with Crippen molar-refractivity contribution in [1.29, 1.82) is 0 Å². The predicted octanol–water partition coefficient (Wildman–Crippen LogP) is 4.55. The van der Waals surface area contributed by atoms with E-state index >= 15 is 0 Å². The second-order valence-electron chi connectivity index (χ2n) is 7.85. The van der Waals surface area contributed by atoms with Crippen LogP contribution in [0.5, 0.6) is 5.75 Å². The van der Waals surface area contributed by atoms with Crippen LogP contribution in [-0.4, -0.2) is 34.1 Å². The minimum absolute atomic E-state index is 0.00572. The molecule has 1 aliphatic rings. The first kappa shape index (κ1) is 23.1. The third kappa shape index (κ3) is 4.40. The van der Waals surface area contributed by atoms with E-state index in [4.69, 9.17) is 17.0 Å². The van der Waals surface area contributed by atoms with Gasteiger partial charge in [0.25, 0.3) is 11.8 Å². The third-order valence-corrected chi connectivity index (χ3v) is 5.86. The molecular formula is C26H22N2O5S. The number of carboxylic acids is 1. The van der Waals surface area contributed by atoms with Gasteiger partial charge in [-0.1, -0.05) is 43.3 Å². The number of ether oxygens (including phenoxy) is 1. The summed E-state index contributed by atoms with van der Waals surface area (Å²) in [6.07, 6.45) is 2.22. The standard InChI is InChI=1S/C26H22N2O5S/c1-3-15(2)33-22-12-11-16-7-4-5-10-19(16)20(22)14-21-23(29)27-26(34)28(24(21)30)18-9-6-8-17(13-18)25(31)32/h4-15H,3H2,1-2H3,(H,31,32)(H,27,29,34). The van der Waals surface area contributed by atoms with Gasteiger partial charge in [0.05, 0.1) is 17.4 Å². The first-order valence-corrected chi connectivity index (χ1v) is 11.1. The minimum atomic E-state index is -1.14. The Balaban J connectivity index is 1.85. The van der Waals surface area contributed by atoms with Crippen LogP contribution in [0.15, 0.2) is 66.2 Å². The van der Waals surface area contributed by atoms with Crippen molar-refractivity contribution >= 4 is 57.6 Å². The fourth-order valence-electron chi connectivity index (χ4n) is 3.64. The van der Waals surface area contributed by atoms with Crippen molar-refractivity contribution in [2.75, 3.05) is 4.90 Å². The number of carbonyl (C=O) groups excluding carboxylic acids is 2. The predicted molar refractivity (Wildman–Crippen MR) is 134 cm³/mol. The second kappa shape index (κ2) is 9.44. The molecule has 0 aromatic heterocycles. The summed E-state index contributed by atoms with van der Waals surface area (Å²) in [4.78, 5) is 38.8. The zero-order chi connectivity index (χ0) is 24.4. The highest BCUT2D eigenvalue weighted by atomic mass is 32.1. The van der Waals surface area contributed by atoms with E-state index in [2.05, 4.69) is 5.32 Å². The molecule has 0 aliphatic carbocycles. The smallest absolute Gasteiger partial charge is 0.335 e. The molecule has 2 amide bonds. The van der Waals surface area contributed by atoms with E-state index < -0.39 is 17.8 Å². The number of rotatable bonds is 6. The van der Waals surface area contributed by atoms with Crippen LogP contribution in [0.2, 0.25) is 0 Å². The summed E-state index contributed by atoms with van der Waals surface area (Å²) < 4.78 is 6.10. The highest BCUT2D eigenvalue weighted by Crippen LogP contribution is 2.32. The first-order chi connectivity index (χ1) is 16.3. The van der Waals surface area contributed by atoms with Crippen molar-refractivity contribution in [3.63, 3.8) is 0 Å². The molecule has 1 heterocycles. The van der Waals surface area contributed by atoms with Gasteiger partial charge >= 0.3 is 5.97 Å². The lowest BCUT2D eigenvalue weighted by Gasteiger charge is -2.29. The molecule has 1 aliphatic heterocycles. The van der Waals surface area contributed by atoms with Crippen molar-refractivity contribution in [1.82, 2.24) is 5.32 Å². The van der Waals surface area contributed by atoms with Crippen molar-refractivity contribution < 1.29 is 24.2 Å². The maximum absolute atomic E-state index is 13.5. The van der Waals surface area contributed by atoms with E-state index in [1.54, 1.807) is 6.07 Å². The zero-order valence-corrected chi connectivity index (χ0v) is 19.4. The number of nitrogens with zero attached hydrogens (tertiary/aromatic N) is 1. The number of carboxylic acid groups (broad SMARTS) is 1. The zero-order valence-electron chi connectivity index (χ0n) is 18.6. The van der Waals surface area contributed by atoms with E-state index in [1.807, 2.05) is 50.2 Å². The highest BCUT2D eigenvalue weighted by Gasteiger charge is 2.35. The number of fused-ring (bicyclic) bond motifs is 1. The van der Waals surface area contributed by atoms with E-state index in [1.165, 1.54) is 24.3 Å². The lowest BCUT2D eigenvalue weighted by Crippen LogP contribution is -2.54. The molecule has 7 nitrogen and oxygen atoms in total. The molecule has 1 atom stereocenters. The monoisotopic (exact) mass is 474 g/mol. The Labute approximate surface area is 201 Å². The van der Waals surface area contributed by atoms with E-state index in [0.29, 0.717) is 11.3 Å². The summed E-state index contributed by atoms with van der Waals surface area (Å²) in [6, 6.07) is 17.2. The van der Waals surface area contributed by atoms with Gasteiger partial charge in [-0.05, 0) is 66.7 Å². The largest absolute Gasteiger partial charge is 0.490 e. The fourth-order valence-corrected chi connectivity index (χ4v) is 3.92. The Morgan fingerprint density at radius 3 is 2.65 bits per heavy atom. The molecule has 1 saturated heterocycles. The van der Waals surface area contributed by atoms with Gasteiger partial charge in [0.15, 0.2) is 5.11 Å². The summed E-state index contributed by atoms with van der Waals surface area (Å²) in [5.41, 5.74) is 0.701. The number of benzene rings is 3. The third-order valence-electron chi connectivity index (χ3n) is 5.58. The van der Waals surface area contributed by atoms with Gasteiger partial charge in [0, 0.05) is 5.56 Å². The van der Waals surface area contributed by atoms with Crippen molar-refractivity contribution in [3.05, 3.63) is 77.4 Å². The minimum Gasteiger partial charge on any atom is -0.490 e. The SMILES string of the molecule is CCC(C)Oc1ccc2ccccc2c1C=C1C(=O)NC(=S)N(c2cccc(C(=O)O)c2)C1=O. The topological polar surface area (TPSA) is 95.9 Å². The average Bonchev–Trinajstić information content (AvgIpc) is 2.82. The molecule has 172 valence electrons. The van der Waals surface area contributed by atoms with Gasteiger partial charge in [0.1, 0.15) is 11.3 Å². The number of hydrogen-bond donors (Lipinski definition) is 2. The number of amides is 2. The molecule has 1 fully saturated rings. The van der Waals surface area contributed by atoms with E-state index in [-0.39, 0.29) is 28.0 Å². The molecule has 3 aromatic carbocycles. The molecule has 34 heavy (non-hydrogen) atoms. The quantitative estimate of drug-likeness (QED) is 0.309. The summed E-state index contributed by atoms with van der Waals surface area (Å²) >= 11 is 5.24. The summed E-state index contributed by atoms with van der Waals surface area (Å²) in [5.74, 6) is -1.88. The number of thiocarbonyl (C=S) groups is 1. The number of aromatic carboxylic acids is 1. The lowest BCUT2D eigenvalue weighted by molar-refractivity contribution is -0.122. The van der Waals surface area contributed by atoms with Crippen molar-refractivity contribution in [2.24, 2.45) is 0 Å². The fraction of sp³-hybridized carbons (Fsp3) is 0.154. The average molecular weight is 475 g/mol. The summed E-state index contributed by atoms with van der Waals surface area (Å²) in [6.45, 7) is 3.95. The van der Waals surface area contributed by atoms with E-state index in [0.717, 1.165) is 22.1 Å². The molecular weight excluding hydrogens is 452 g/mol. The van der Waals surface area contributed by atoms with Crippen LogP contribution < -0.4 is 15.0 Å². The molecule has 0 spiro atoms. The van der Waals surface area contributed by atoms with Gasteiger partial charge in [-0.25, -0.2) is 4.79 Å². The van der Waals surface area contributed by atoms with Crippen molar-refractivity contribution in [2.45, 2.75) is 26.4 Å². The number of carbonyl (C=O) groups is 3. The van der Waals surface area contributed by atoms with Crippen LogP contribution >= 0.6 is 12.2 Å².